The average Bonchev–Trinajstić information content (AvgIpc) is 3.40. The summed E-state index contributed by atoms with van der Waals surface area (Å²) in [6.07, 6.45) is 2.15. The molecule has 0 atom stereocenters. The van der Waals surface area contributed by atoms with Gasteiger partial charge < -0.3 is 0 Å². The van der Waals surface area contributed by atoms with Gasteiger partial charge in [0.2, 0.25) is 0 Å². The van der Waals surface area contributed by atoms with Gasteiger partial charge in [0.05, 0.1) is 18.8 Å². The zero-order chi connectivity index (χ0) is 57.9. The Bertz CT molecular complexity index is 1630. The molecule has 0 radical (unpaired) electrons. The fraction of sp³-hybridized carbons (Fsp3) is 0.474. The fourth-order valence-corrected chi connectivity index (χ4v) is 3.40. The van der Waals surface area contributed by atoms with E-state index in [-0.39, 0.29) is 0 Å². The first-order chi connectivity index (χ1) is 32.9. The quantitative estimate of drug-likeness (QED) is 0.126. The maximum Gasteiger partial charge on any atom is 0.261 e. The van der Waals surface area contributed by atoms with Gasteiger partial charge in [-0.1, -0.05) is 312 Å². The van der Waals surface area contributed by atoms with Crippen molar-refractivity contribution >= 4 is 62.7 Å². The highest BCUT2D eigenvalue weighted by molar-refractivity contribution is 7.85. The molecule has 6 rings (SSSR count). The molecule has 0 saturated carbocycles. The highest BCUT2D eigenvalue weighted by Gasteiger charge is 1.87. The van der Waals surface area contributed by atoms with Crippen molar-refractivity contribution in [3.63, 3.8) is 0 Å². The Balaban J connectivity index is -0.0000000528. The van der Waals surface area contributed by atoms with Crippen LogP contribution >= 0.6 is 0 Å². The molecule has 0 aliphatic carbocycles. The molecule has 0 aliphatic heterocycles. The molecule has 0 saturated heterocycles. The van der Waals surface area contributed by atoms with Crippen LogP contribution in [-0.2, 0) is 30.4 Å². The lowest BCUT2D eigenvalue weighted by Gasteiger charge is -1.92. The predicted octanol–water partition coefficient (Wildman–Crippen LogP) is 19.3. The third-order valence-corrected chi connectivity index (χ3v) is 4.98. The first kappa shape index (κ1) is 94.6. The lowest BCUT2D eigenvalue weighted by atomic mass is 10.1. The van der Waals surface area contributed by atoms with Gasteiger partial charge in [0.1, 0.15) is 0 Å². The highest BCUT2D eigenvalue weighted by atomic mass is 32.2. The maximum absolute atomic E-state index is 9.19. The second kappa shape index (κ2) is 80.8. The van der Waals surface area contributed by atoms with Crippen LogP contribution in [0.15, 0.2) is 146 Å². The minimum atomic E-state index is -3.67. The van der Waals surface area contributed by atoms with Gasteiger partial charge in [0.15, 0.2) is 0 Å². The fourth-order valence-electron chi connectivity index (χ4n) is 3.40. The largest absolute Gasteiger partial charge is 0.286 e. The third-order valence-electron chi connectivity index (χ3n) is 4.98. The molecule has 69 heavy (non-hydrogen) atoms. The van der Waals surface area contributed by atoms with Crippen LogP contribution in [0.4, 0.5) is 0 Å². The Morgan fingerprint density at radius 1 is 0.203 bits per heavy atom. The molecular formula is C57H108O9S3. The van der Waals surface area contributed by atoms with Crippen LogP contribution in [0.5, 0.6) is 0 Å². The van der Waals surface area contributed by atoms with Gasteiger partial charge in [0.25, 0.3) is 30.4 Å². The van der Waals surface area contributed by atoms with E-state index in [1.807, 2.05) is 166 Å². The summed E-state index contributed by atoms with van der Waals surface area (Å²) in [6, 6.07) is 50.1. The van der Waals surface area contributed by atoms with Crippen molar-refractivity contribution in [3.05, 3.63) is 146 Å². The summed E-state index contributed by atoms with van der Waals surface area (Å²) < 4.78 is 77.6. The van der Waals surface area contributed by atoms with Crippen LogP contribution in [0.3, 0.4) is 0 Å². The van der Waals surface area contributed by atoms with Crippen molar-refractivity contribution < 1.29 is 38.9 Å². The standard InChI is InChI=1S/3C10H8.12C2H6.3CH4O3S/c3*1-2-6-10-8-4-3-7-9(10)5-1;12*1-2;3*1-5(2,3)4/h3*1-8H;12*1-2H3;3*1H3,(H,2,3,4). The molecule has 0 amide bonds. The summed E-state index contributed by atoms with van der Waals surface area (Å²) in [7, 11) is -11.0. The SMILES string of the molecule is CC.CC.CC.CC.CC.CC.CC.CC.CC.CC.CC.CC.CS(=O)(=O)O.CS(=O)(=O)O.CS(=O)(=O)O.c1ccc2ccccc2c1.c1ccc2ccccc2c1.c1ccc2ccccc2c1. The minimum Gasteiger partial charge on any atom is -0.286 e. The van der Waals surface area contributed by atoms with Crippen LogP contribution in [-0.4, -0.2) is 57.7 Å². The topological polar surface area (TPSA) is 163 Å². The van der Waals surface area contributed by atoms with Crippen LogP contribution in [0.25, 0.3) is 32.3 Å². The molecular weight excluding hydrogens is 925 g/mol. The molecule has 0 bridgehead atoms. The molecule has 6 aromatic rings. The molecule has 12 heteroatoms. The van der Waals surface area contributed by atoms with Crippen LogP contribution in [0.1, 0.15) is 166 Å². The summed E-state index contributed by atoms with van der Waals surface area (Å²) in [5.41, 5.74) is 0. The zero-order valence-electron chi connectivity index (χ0n) is 48.9. The van der Waals surface area contributed by atoms with E-state index in [1.165, 1.54) is 32.3 Å². The van der Waals surface area contributed by atoms with Gasteiger partial charge in [-0.05, 0) is 32.3 Å². The monoisotopic (exact) mass is 1030 g/mol. The lowest BCUT2D eigenvalue weighted by molar-refractivity contribution is 0.488. The first-order valence-electron chi connectivity index (χ1n) is 25.0. The third kappa shape index (κ3) is 98.3. The second-order valence-electron chi connectivity index (χ2n) is 9.24. The summed E-state index contributed by atoms with van der Waals surface area (Å²) in [6.45, 7) is 48.0. The van der Waals surface area contributed by atoms with Crippen molar-refractivity contribution in [2.75, 3.05) is 18.8 Å². The molecule has 0 unspecified atom stereocenters. The zero-order valence-corrected chi connectivity index (χ0v) is 51.3. The first-order valence-corrected chi connectivity index (χ1v) is 30.5. The van der Waals surface area contributed by atoms with E-state index in [4.69, 9.17) is 13.7 Å². The van der Waals surface area contributed by atoms with Crippen molar-refractivity contribution in [1.29, 1.82) is 0 Å². The number of benzene rings is 6. The minimum absolute atomic E-state index is 0.715. The van der Waals surface area contributed by atoms with E-state index in [1.54, 1.807) is 0 Å². The smallest absolute Gasteiger partial charge is 0.261 e. The Kier molecular flexibility index (Phi) is 111. The number of hydrogen-bond donors (Lipinski definition) is 3. The van der Waals surface area contributed by atoms with Gasteiger partial charge in [0, 0.05) is 0 Å². The number of rotatable bonds is 0. The average molecular weight is 1030 g/mol. The lowest BCUT2D eigenvalue weighted by Crippen LogP contribution is -1.88. The van der Waals surface area contributed by atoms with Crippen molar-refractivity contribution in [3.8, 4) is 0 Å². The Morgan fingerprint density at radius 2 is 0.246 bits per heavy atom. The van der Waals surface area contributed by atoms with E-state index in [2.05, 4.69) is 146 Å². The van der Waals surface area contributed by atoms with Crippen molar-refractivity contribution in [1.82, 2.24) is 0 Å². The molecule has 0 fully saturated rings. The summed E-state index contributed by atoms with van der Waals surface area (Å²) in [5, 5.41) is 7.86. The van der Waals surface area contributed by atoms with Gasteiger partial charge in [-0.15, -0.1) is 0 Å². The van der Waals surface area contributed by atoms with E-state index < -0.39 is 30.4 Å². The Morgan fingerprint density at radius 3 is 0.290 bits per heavy atom. The molecule has 0 aromatic heterocycles. The van der Waals surface area contributed by atoms with Crippen LogP contribution < -0.4 is 0 Å². The Hall–Kier alpha value is -4.17. The molecule has 9 nitrogen and oxygen atoms in total. The van der Waals surface area contributed by atoms with Gasteiger partial charge in [-0.2, -0.15) is 25.3 Å². The number of hydrogen-bond acceptors (Lipinski definition) is 6. The normalized spacial score (nSPS) is 7.91. The highest BCUT2D eigenvalue weighted by Crippen LogP contribution is 2.13. The molecule has 3 N–H and O–H groups in total. The second-order valence-corrected chi connectivity index (χ2v) is 13.6. The van der Waals surface area contributed by atoms with Crippen molar-refractivity contribution in [2.45, 2.75) is 166 Å². The predicted molar refractivity (Wildman–Crippen MR) is 320 cm³/mol. The molecule has 408 valence electrons. The molecule has 6 aromatic carbocycles. The Labute approximate surface area is 429 Å². The molecule has 0 spiro atoms. The summed E-state index contributed by atoms with van der Waals surface area (Å²) in [4.78, 5) is 0. The van der Waals surface area contributed by atoms with Gasteiger partial charge in [-0.3, -0.25) is 13.7 Å². The van der Waals surface area contributed by atoms with E-state index in [0.29, 0.717) is 18.8 Å². The summed E-state index contributed by atoms with van der Waals surface area (Å²) >= 11 is 0. The van der Waals surface area contributed by atoms with E-state index in [0.717, 1.165) is 0 Å². The number of fused-ring (bicyclic) bond motifs is 3. The van der Waals surface area contributed by atoms with Crippen molar-refractivity contribution in [2.24, 2.45) is 0 Å². The van der Waals surface area contributed by atoms with Crippen LogP contribution in [0, 0.1) is 0 Å². The van der Waals surface area contributed by atoms with Gasteiger partial charge in [-0.25, -0.2) is 0 Å². The van der Waals surface area contributed by atoms with E-state index in [9.17, 15) is 25.3 Å². The molecule has 0 aliphatic rings. The van der Waals surface area contributed by atoms with E-state index >= 15 is 0 Å². The summed E-state index contributed by atoms with van der Waals surface area (Å²) in [5.74, 6) is 0. The molecule has 0 heterocycles. The van der Waals surface area contributed by atoms with Crippen LogP contribution in [0.2, 0.25) is 0 Å². The maximum atomic E-state index is 9.19. The van der Waals surface area contributed by atoms with Gasteiger partial charge >= 0.3 is 0 Å².